The maximum Gasteiger partial charge on any atom is 0.346 e. The van der Waals surface area contributed by atoms with Crippen LogP contribution in [0.3, 0.4) is 0 Å². The molecule has 1 saturated heterocycles. The van der Waals surface area contributed by atoms with Crippen molar-refractivity contribution < 1.29 is 19.4 Å². The van der Waals surface area contributed by atoms with Crippen molar-refractivity contribution in [3.05, 3.63) is 100 Å². The van der Waals surface area contributed by atoms with Crippen molar-refractivity contribution in [3.8, 4) is 22.4 Å². The number of aromatic carboxylic acids is 1. The van der Waals surface area contributed by atoms with Crippen LogP contribution in [0.1, 0.15) is 20.8 Å². The average molecular weight is 601 g/mol. The molecule has 3 aromatic heterocycles. The normalized spacial score (nSPS) is 13.5. The number of fused-ring (bicyclic) bond motifs is 1. The number of halogens is 1. The minimum absolute atomic E-state index is 0.0382. The molecular weight excluding hydrogens is 572 g/mol. The van der Waals surface area contributed by atoms with Crippen LogP contribution in [0, 0.1) is 0 Å². The molecule has 1 aliphatic heterocycles. The van der Waals surface area contributed by atoms with Crippen LogP contribution >= 0.6 is 22.9 Å². The third kappa shape index (κ3) is 5.69. The van der Waals surface area contributed by atoms with Crippen LogP contribution in [-0.2, 0) is 29.2 Å². The van der Waals surface area contributed by atoms with E-state index in [4.69, 9.17) is 16.3 Å². The number of carboxylic acids is 1. The first-order chi connectivity index (χ1) is 20.5. The maximum atomic E-state index is 13.7. The van der Waals surface area contributed by atoms with Gasteiger partial charge in [0.25, 0.3) is 0 Å². The van der Waals surface area contributed by atoms with Gasteiger partial charge in [-0.05, 0) is 41.0 Å². The lowest BCUT2D eigenvalue weighted by atomic mass is 10.0. The monoisotopic (exact) mass is 600 g/mol. The van der Waals surface area contributed by atoms with Crippen LogP contribution in [0.25, 0.3) is 32.6 Å². The SMILES string of the molecule is O=C(O)c1sc2c(-c3ccccc3)c(-c3ccc(Cl)cc3)n(CC(=O)N3CCOCC3)c2c1CNCc1ccncc1. The molecule has 0 bridgehead atoms. The number of morpholine rings is 1. The molecular formula is C32H29ClN4O4S. The lowest BCUT2D eigenvalue weighted by Crippen LogP contribution is -2.42. The molecule has 0 unspecified atom stereocenters. The molecule has 2 N–H and O–H groups in total. The first kappa shape index (κ1) is 28.1. The van der Waals surface area contributed by atoms with E-state index in [1.54, 1.807) is 12.4 Å². The quantitative estimate of drug-likeness (QED) is 0.218. The summed E-state index contributed by atoms with van der Waals surface area (Å²) in [4.78, 5) is 32.5. The molecule has 1 amide bonds. The van der Waals surface area contributed by atoms with Crippen LogP contribution < -0.4 is 5.32 Å². The number of thiophene rings is 1. The number of benzene rings is 2. The van der Waals surface area contributed by atoms with E-state index in [0.29, 0.717) is 50.0 Å². The topological polar surface area (TPSA) is 96.7 Å². The summed E-state index contributed by atoms with van der Waals surface area (Å²) in [5.74, 6) is -1.03. The van der Waals surface area contributed by atoms with Crippen LogP contribution in [-0.4, -0.2) is 57.7 Å². The third-order valence-electron chi connectivity index (χ3n) is 7.39. The van der Waals surface area contributed by atoms with E-state index in [-0.39, 0.29) is 17.3 Å². The lowest BCUT2D eigenvalue weighted by molar-refractivity contribution is -0.135. The lowest BCUT2D eigenvalue weighted by Gasteiger charge is -2.27. The average Bonchev–Trinajstić information content (AvgIpc) is 3.54. The Hall–Kier alpha value is -4.02. The Labute approximate surface area is 252 Å². The number of pyridine rings is 1. The summed E-state index contributed by atoms with van der Waals surface area (Å²) in [5.41, 5.74) is 6.04. The van der Waals surface area contributed by atoms with E-state index >= 15 is 0 Å². The summed E-state index contributed by atoms with van der Waals surface area (Å²) < 4.78 is 8.31. The molecule has 42 heavy (non-hydrogen) atoms. The fourth-order valence-electron chi connectivity index (χ4n) is 5.42. The Balaban J connectivity index is 1.56. The molecule has 8 nitrogen and oxygen atoms in total. The van der Waals surface area contributed by atoms with E-state index in [2.05, 4.69) is 10.3 Å². The second-order valence-corrected chi connectivity index (χ2v) is 11.5. The molecule has 2 aromatic carbocycles. The zero-order valence-corrected chi connectivity index (χ0v) is 24.3. The van der Waals surface area contributed by atoms with Crippen molar-refractivity contribution in [2.45, 2.75) is 19.6 Å². The number of ether oxygens (including phenoxy) is 1. The number of hydrogen-bond donors (Lipinski definition) is 2. The van der Waals surface area contributed by atoms with Gasteiger partial charge in [0.15, 0.2) is 0 Å². The standard InChI is InChI=1S/C32H29ClN4O4S/c33-24-8-6-23(7-9-24)28-27(22-4-2-1-3-5-22)31-29(37(28)20-26(38)36-14-16-41-17-15-36)25(30(42-31)32(39)40)19-35-18-21-10-12-34-13-11-21/h1-13,35H,14-20H2,(H,39,40). The number of carbonyl (C=O) groups is 2. The second-order valence-electron chi connectivity index (χ2n) is 10.0. The van der Waals surface area contributed by atoms with Gasteiger partial charge in [-0.15, -0.1) is 11.3 Å². The highest BCUT2D eigenvalue weighted by Gasteiger charge is 2.30. The van der Waals surface area contributed by atoms with Crippen molar-refractivity contribution in [2.24, 2.45) is 0 Å². The van der Waals surface area contributed by atoms with Gasteiger partial charge in [-0.1, -0.05) is 54.1 Å². The van der Waals surface area contributed by atoms with Gasteiger partial charge in [-0.2, -0.15) is 0 Å². The summed E-state index contributed by atoms with van der Waals surface area (Å²) >= 11 is 7.53. The molecule has 0 saturated carbocycles. The molecule has 0 spiro atoms. The van der Waals surface area contributed by atoms with Crippen molar-refractivity contribution in [1.29, 1.82) is 0 Å². The molecule has 1 aliphatic rings. The minimum atomic E-state index is -0.991. The summed E-state index contributed by atoms with van der Waals surface area (Å²) in [6.45, 7) is 2.96. The Bertz CT molecular complexity index is 1710. The highest BCUT2D eigenvalue weighted by Crippen LogP contribution is 2.47. The molecule has 4 heterocycles. The minimum Gasteiger partial charge on any atom is -0.477 e. The molecule has 214 valence electrons. The van der Waals surface area contributed by atoms with Gasteiger partial charge in [0.05, 0.1) is 29.1 Å². The first-order valence-electron chi connectivity index (χ1n) is 13.7. The summed E-state index contributed by atoms with van der Waals surface area (Å²) in [6.07, 6.45) is 3.46. The highest BCUT2D eigenvalue weighted by molar-refractivity contribution is 7.21. The van der Waals surface area contributed by atoms with E-state index in [1.165, 1.54) is 11.3 Å². The van der Waals surface area contributed by atoms with Gasteiger partial charge >= 0.3 is 5.97 Å². The maximum absolute atomic E-state index is 13.7. The Morgan fingerprint density at radius 3 is 2.36 bits per heavy atom. The third-order valence-corrected chi connectivity index (χ3v) is 8.87. The number of rotatable bonds is 9. The molecule has 1 fully saturated rings. The van der Waals surface area contributed by atoms with E-state index < -0.39 is 5.97 Å². The van der Waals surface area contributed by atoms with Crippen LogP contribution in [0.15, 0.2) is 79.1 Å². The second kappa shape index (κ2) is 12.5. The van der Waals surface area contributed by atoms with Gasteiger partial charge in [-0.25, -0.2) is 4.79 Å². The number of nitrogens with zero attached hydrogens (tertiary/aromatic N) is 3. The number of carboxylic acid groups (broad SMARTS) is 1. The number of nitrogens with one attached hydrogen (secondary N) is 1. The Kier molecular flexibility index (Phi) is 8.34. The number of amides is 1. The fraction of sp³-hybridized carbons (Fsp3) is 0.219. The van der Waals surface area contributed by atoms with Crippen LogP contribution in [0.5, 0.6) is 0 Å². The van der Waals surface area contributed by atoms with Gasteiger partial charge in [0, 0.05) is 54.7 Å². The zero-order chi connectivity index (χ0) is 29.1. The van der Waals surface area contributed by atoms with Crippen molar-refractivity contribution in [2.75, 3.05) is 26.3 Å². The van der Waals surface area contributed by atoms with Gasteiger partial charge < -0.3 is 24.6 Å². The zero-order valence-electron chi connectivity index (χ0n) is 22.8. The summed E-state index contributed by atoms with van der Waals surface area (Å²) in [6, 6.07) is 21.3. The smallest absolute Gasteiger partial charge is 0.346 e. The van der Waals surface area contributed by atoms with Crippen molar-refractivity contribution in [3.63, 3.8) is 0 Å². The fourth-order valence-corrected chi connectivity index (χ4v) is 6.78. The number of carbonyl (C=O) groups excluding carboxylic acids is 1. The van der Waals surface area contributed by atoms with Gasteiger partial charge in [-0.3, -0.25) is 9.78 Å². The number of aromatic nitrogens is 2. The molecule has 10 heteroatoms. The Morgan fingerprint density at radius 2 is 1.67 bits per heavy atom. The number of hydrogen-bond acceptors (Lipinski definition) is 6. The predicted molar refractivity (Wildman–Crippen MR) is 165 cm³/mol. The predicted octanol–water partition coefficient (Wildman–Crippen LogP) is 5.93. The molecule has 6 rings (SSSR count). The van der Waals surface area contributed by atoms with E-state index in [9.17, 15) is 14.7 Å². The first-order valence-corrected chi connectivity index (χ1v) is 14.9. The summed E-state index contributed by atoms with van der Waals surface area (Å²) in [7, 11) is 0. The van der Waals surface area contributed by atoms with E-state index in [0.717, 1.165) is 38.2 Å². The summed E-state index contributed by atoms with van der Waals surface area (Å²) in [5, 5.41) is 14.4. The molecule has 0 aliphatic carbocycles. The van der Waals surface area contributed by atoms with Crippen molar-refractivity contribution >= 4 is 45.0 Å². The molecule has 0 atom stereocenters. The molecule has 5 aromatic rings. The van der Waals surface area contributed by atoms with E-state index in [1.807, 2.05) is 76.2 Å². The highest BCUT2D eigenvalue weighted by atomic mass is 35.5. The van der Waals surface area contributed by atoms with Crippen LogP contribution in [0.2, 0.25) is 5.02 Å². The van der Waals surface area contributed by atoms with Crippen molar-refractivity contribution in [1.82, 2.24) is 19.8 Å². The van der Waals surface area contributed by atoms with Crippen LogP contribution in [0.4, 0.5) is 0 Å². The Morgan fingerprint density at radius 1 is 0.952 bits per heavy atom. The molecule has 0 radical (unpaired) electrons. The van der Waals surface area contributed by atoms with Gasteiger partial charge in [0.1, 0.15) is 11.4 Å². The largest absolute Gasteiger partial charge is 0.477 e. The van der Waals surface area contributed by atoms with Gasteiger partial charge in [0.2, 0.25) is 5.91 Å².